The van der Waals surface area contributed by atoms with E-state index in [0.29, 0.717) is 30.5 Å². The summed E-state index contributed by atoms with van der Waals surface area (Å²) in [5.74, 6) is 1.42. The van der Waals surface area contributed by atoms with Gasteiger partial charge in [-0.2, -0.15) is 0 Å². The van der Waals surface area contributed by atoms with Gasteiger partial charge in [-0.05, 0) is 62.6 Å². The molecule has 0 atom stereocenters. The van der Waals surface area contributed by atoms with Crippen molar-refractivity contribution in [2.24, 2.45) is 0 Å². The number of anilines is 1. The maximum absolute atomic E-state index is 6.38. The Balaban J connectivity index is 2.18. The Hall–Kier alpha value is -1.87. The summed E-state index contributed by atoms with van der Waals surface area (Å²) in [6, 6.07) is 10.1. The van der Waals surface area contributed by atoms with Crippen LogP contribution in [0.25, 0.3) is 0 Å². The molecule has 0 saturated carbocycles. The maximum Gasteiger partial charge on any atom is 0.162 e. The van der Waals surface area contributed by atoms with Gasteiger partial charge in [-0.3, -0.25) is 0 Å². The number of benzene rings is 2. The van der Waals surface area contributed by atoms with Gasteiger partial charge in [0.1, 0.15) is 0 Å². The number of hydrogen-bond acceptors (Lipinski definition) is 3. The van der Waals surface area contributed by atoms with Crippen molar-refractivity contribution in [1.82, 2.24) is 0 Å². The van der Waals surface area contributed by atoms with Crippen LogP contribution in [0.1, 0.15) is 30.5 Å². The SMILES string of the molecule is CCOc1cc(Cl)c(CNc2ccc(C)c(C)c2)cc1OCC. The summed E-state index contributed by atoms with van der Waals surface area (Å²) in [6.45, 7) is 9.92. The molecule has 0 aliphatic rings. The molecular formula is C19H24ClNO2. The number of aryl methyl sites for hydroxylation is 2. The van der Waals surface area contributed by atoms with Crippen LogP contribution in [-0.2, 0) is 6.54 Å². The van der Waals surface area contributed by atoms with Crippen LogP contribution in [0.3, 0.4) is 0 Å². The third-order valence-corrected chi connectivity index (χ3v) is 4.05. The summed E-state index contributed by atoms with van der Waals surface area (Å²) in [6.07, 6.45) is 0. The van der Waals surface area contributed by atoms with E-state index in [-0.39, 0.29) is 0 Å². The number of nitrogens with one attached hydrogen (secondary N) is 1. The molecule has 0 radical (unpaired) electrons. The van der Waals surface area contributed by atoms with E-state index in [0.717, 1.165) is 17.0 Å². The van der Waals surface area contributed by atoms with Crippen molar-refractivity contribution in [2.75, 3.05) is 18.5 Å². The molecule has 0 unspecified atom stereocenters. The summed E-state index contributed by atoms with van der Waals surface area (Å²) in [5, 5.41) is 4.08. The van der Waals surface area contributed by atoms with Crippen LogP contribution in [0.2, 0.25) is 5.02 Å². The molecule has 0 spiro atoms. The lowest BCUT2D eigenvalue weighted by Crippen LogP contribution is -2.04. The van der Waals surface area contributed by atoms with E-state index in [2.05, 4.69) is 37.4 Å². The molecule has 0 amide bonds. The maximum atomic E-state index is 6.38. The average molecular weight is 334 g/mol. The van der Waals surface area contributed by atoms with E-state index >= 15 is 0 Å². The molecule has 1 N–H and O–H groups in total. The molecule has 0 aliphatic carbocycles. The standard InChI is InChI=1S/C19H24ClNO2/c1-5-22-18-10-15(17(20)11-19(18)23-6-2)12-21-16-8-7-13(3)14(4)9-16/h7-11,21H,5-6,12H2,1-4H3. The predicted octanol–water partition coefficient (Wildman–Crippen LogP) is 5.37. The second-order valence-electron chi connectivity index (χ2n) is 5.41. The molecule has 0 heterocycles. The van der Waals surface area contributed by atoms with Gasteiger partial charge >= 0.3 is 0 Å². The molecule has 23 heavy (non-hydrogen) atoms. The fourth-order valence-electron chi connectivity index (χ4n) is 2.30. The van der Waals surface area contributed by atoms with E-state index in [4.69, 9.17) is 21.1 Å². The first kappa shape index (κ1) is 17.5. The summed E-state index contributed by atoms with van der Waals surface area (Å²) in [4.78, 5) is 0. The van der Waals surface area contributed by atoms with Gasteiger partial charge in [0.15, 0.2) is 11.5 Å². The van der Waals surface area contributed by atoms with Crippen molar-refractivity contribution in [1.29, 1.82) is 0 Å². The minimum absolute atomic E-state index is 0.580. The minimum atomic E-state index is 0.580. The quantitative estimate of drug-likeness (QED) is 0.739. The highest BCUT2D eigenvalue weighted by Crippen LogP contribution is 2.34. The highest BCUT2D eigenvalue weighted by atomic mass is 35.5. The van der Waals surface area contributed by atoms with Crippen molar-refractivity contribution in [2.45, 2.75) is 34.2 Å². The highest BCUT2D eigenvalue weighted by Gasteiger charge is 2.11. The molecule has 0 bridgehead atoms. The predicted molar refractivity (Wildman–Crippen MR) is 97.0 cm³/mol. The van der Waals surface area contributed by atoms with E-state index in [1.807, 2.05) is 26.0 Å². The molecule has 2 aromatic carbocycles. The fourth-order valence-corrected chi connectivity index (χ4v) is 2.52. The monoisotopic (exact) mass is 333 g/mol. The first-order valence-electron chi connectivity index (χ1n) is 7.94. The van der Waals surface area contributed by atoms with Gasteiger partial charge in [-0.25, -0.2) is 0 Å². The number of hydrogen-bond donors (Lipinski definition) is 1. The molecule has 2 rings (SSSR count). The zero-order valence-electron chi connectivity index (χ0n) is 14.2. The van der Waals surface area contributed by atoms with Gasteiger partial charge in [0.2, 0.25) is 0 Å². The topological polar surface area (TPSA) is 30.5 Å². The van der Waals surface area contributed by atoms with E-state index in [1.165, 1.54) is 11.1 Å². The van der Waals surface area contributed by atoms with E-state index in [1.54, 1.807) is 0 Å². The second kappa shape index (κ2) is 8.11. The molecule has 124 valence electrons. The van der Waals surface area contributed by atoms with Crippen molar-refractivity contribution < 1.29 is 9.47 Å². The number of ether oxygens (including phenoxy) is 2. The molecule has 0 saturated heterocycles. The lowest BCUT2D eigenvalue weighted by Gasteiger charge is -2.15. The summed E-state index contributed by atoms with van der Waals surface area (Å²) in [7, 11) is 0. The summed E-state index contributed by atoms with van der Waals surface area (Å²) >= 11 is 6.38. The van der Waals surface area contributed by atoms with Gasteiger partial charge in [0.25, 0.3) is 0 Å². The lowest BCUT2D eigenvalue weighted by molar-refractivity contribution is 0.287. The average Bonchev–Trinajstić information content (AvgIpc) is 2.52. The molecule has 3 nitrogen and oxygen atoms in total. The molecule has 4 heteroatoms. The molecule has 0 aromatic heterocycles. The lowest BCUT2D eigenvalue weighted by atomic mass is 10.1. The minimum Gasteiger partial charge on any atom is -0.490 e. The van der Waals surface area contributed by atoms with Gasteiger partial charge in [0.05, 0.1) is 13.2 Å². The fraction of sp³-hybridized carbons (Fsp3) is 0.368. The Morgan fingerprint density at radius 2 is 1.57 bits per heavy atom. The van der Waals surface area contributed by atoms with Crippen LogP contribution in [0.5, 0.6) is 11.5 Å². The number of rotatable bonds is 7. The van der Waals surface area contributed by atoms with Gasteiger partial charge in [-0.1, -0.05) is 17.7 Å². The number of halogens is 1. The Labute approximate surface area is 143 Å². The van der Waals surface area contributed by atoms with Crippen molar-refractivity contribution in [3.63, 3.8) is 0 Å². The first-order valence-corrected chi connectivity index (χ1v) is 8.32. The third-order valence-electron chi connectivity index (χ3n) is 3.70. The smallest absolute Gasteiger partial charge is 0.162 e. The van der Waals surface area contributed by atoms with Gasteiger partial charge in [0, 0.05) is 23.3 Å². The Kier molecular flexibility index (Phi) is 6.17. The van der Waals surface area contributed by atoms with Crippen molar-refractivity contribution in [3.05, 3.63) is 52.0 Å². The van der Waals surface area contributed by atoms with Crippen LogP contribution < -0.4 is 14.8 Å². The highest BCUT2D eigenvalue weighted by molar-refractivity contribution is 6.31. The van der Waals surface area contributed by atoms with Crippen molar-refractivity contribution >= 4 is 17.3 Å². The van der Waals surface area contributed by atoms with Crippen LogP contribution >= 0.6 is 11.6 Å². The van der Waals surface area contributed by atoms with Gasteiger partial charge in [-0.15, -0.1) is 0 Å². The Morgan fingerprint density at radius 3 is 2.17 bits per heavy atom. The summed E-state index contributed by atoms with van der Waals surface area (Å²) in [5.41, 5.74) is 4.61. The molecule has 2 aromatic rings. The third kappa shape index (κ3) is 4.55. The molecule has 0 fully saturated rings. The van der Waals surface area contributed by atoms with Gasteiger partial charge < -0.3 is 14.8 Å². The van der Waals surface area contributed by atoms with Crippen LogP contribution in [0.15, 0.2) is 30.3 Å². The summed E-state index contributed by atoms with van der Waals surface area (Å²) < 4.78 is 11.2. The van der Waals surface area contributed by atoms with Crippen LogP contribution in [0, 0.1) is 13.8 Å². The van der Waals surface area contributed by atoms with Crippen LogP contribution in [0.4, 0.5) is 5.69 Å². The first-order chi connectivity index (χ1) is 11.0. The van der Waals surface area contributed by atoms with Crippen molar-refractivity contribution in [3.8, 4) is 11.5 Å². The molecular weight excluding hydrogens is 310 g/mol. The largest absolute Gasteiger partial charge is 0.490 e. The Bertz CT molecular complexity index is 671. The van der Waals surface area contributed by atoms with E-state index < -0.39 is 0 Å². The second-order valence-corrected chi connectivity index (χ2v) is 5.82. The normalized spacial score (nSPS) is 10.5. The zero-order chi connectivity index (χ0) is 16.8. The van der Waals surface area contributed by atoms with Crippen LogP contribution in [-0.4, -0.2) is 13.2 Å². The molecule has 0 aliphatic heterocycles. The Morgan fingerprint density at radius 1 is 0.913 bits per heavy atom. The zero-order valence-corrected chi connectivity index (χ0v) is 15.0. The van der Waals surface area contributed by atoms with E-state index in [9.17, 15) is 0 Å².